The Morgan fingerprint density at radius 2 is 1.87 bits per heavy atom. The van der Waals surface area contributed by atoms with Gasteiger partial charge in [-0.2, -0.15) is 0 Å². The van der Waals surface area contributed by atoms with Crippen molar-refractivity contribution in [3.63, 3.8) is 0 Å². The third-order valence-electron chi connectivity index (χ3n) is 5.53. The third kappa shape index (κ3) is 3.57. The topological polar surface area (TPSA) is 96.2 Å². The Hall–Kier alpha value is -3.25. The first-order valence-corrected chi connectivity index (χ1v) is 10.2. The number of phenols is 2. The van der Waals surface area contributed by atoms with Crippen LogP contribution in [0.15, 0.2) is 42.0 Å². The molecule has 0 aromatic heterocycles. The summed E-state index contributed by atoms with van der Waals surface area (Å²) in [7, 11) is 0. The fourth-order valence-corrected chi connectivity index (χ4v) is 3.91. The number of ether oxygens (including phenoxy) is 2. The molecule has 0 amide bonds. The lowest BCUT2D eigenvalue weighted by Crippen LogP contribution is -2.37. The number of aliphatic hydroxyl groups is 1. The number of hydrogen-bond donors (Lipinski definition) is 3. The number of Topliss-reactive ketones (excluding diaryl/α,β-unsaturated/α-hetero) is 1. The van der Waals surface area contributed by atoms with Crippen LogP contribution in [0.3, 0.4) is 0 Å². The molecule has 0 bridgehead atoms. The minimum absolute atomic E-state index is 0.0666. The quantitative estimate of drug-likeness (QED) is 0.632. The van der Waals surface area contributed by atoms with Gasteiger partial charge < -0.3 is 24.8 Å². The largest absolute Gasteiger partial charge is 0.508 e. The lowest BCUT2D eigenvalue weighted by Gasteiger charge is -2.36. The number of fused-ring (bicyclic) bond motifs is 2. The van der Waals surface area contributed by atoms with E-state index in [9.17, 15) is 20.1 Å². The summed E-state index contributed by atoms with van der Waals surface area (Å²) in [5.74, 6) is -0.412. The highest BCUT2D eigenvalue weighted by atomic mass is 16.5. The van der Waals surface area contributed by atoms with Gasteiger partial charge in [-0.25, -0.2) is 0 Å². The average Bonchev–Trinajstić information content (AvgIpc) is 2.69. The number of aromatic hydroxyl groups is 2. The minimum Gasteiger partial charge on any atom is -0.508 e. The van der Waals surface area contributed by atoms with Gasteiger partial charge >= 0.3 is 0 Å². The molecule has 0 unspecified atom stereocenters. The minimum atomic E-state index is -1.58. The molecule has 2 heterocycles. The van der Waals surface area contributed by atoms with Crippen LogP contribution in [0.4, 0.5) is 0 Å². The second-order valence-corrected chi connectivity index (χ2v) is 8.70. The fourth-order valence-electron chi connectivity index (χ4n) is 3.91. The smallest absolute Gasteiger partial charge is 0.202 e. The van der Waals surface area contributed by atoms with Crippen LogP contribution in [0.5, 0.6) is 23.0 Å². The molecule has 0 radical (unpaired) electrons. The molecule has 2 aliphatic heterocycles. The van der Waals surface area contributed by atoms with Crippen molar-refractivity contribution >= 4 is 11.9 Å². The molecule has 2 atom stereocenters. The molecular weight excluding hydrogens is 396 g/mol. The van der Waals surface area contributed by atoms with E-state index in [0.29, 0.717) is 28.9 Å². The van der Waals surface area contributed by atoms with Crippen molar-refractivity contribution in [2.24, 2.45) is 0 Å². The molecule has 4 rings (SSSR count). The maximum atomic E-state index is 13.2. The van der Waals surface area contributed by atoms with Crippen molar-refractivity contribution in [1.82, 2.24) is 0 Å². The van der Waals surface area contributed by atoms with Crippen LogP contribution < -0.4 is 9.47 Å². The summed E-state index contributed by atoms with van der Waals surface area (Å²) >= 11 is 0. The monoisotopic (exact) mass is 422 g/mol. The maximum Gasteiger partial charge on any atom is 0.202 e. The Balaban J connectivity index is 1.96. The van der Waals surface area contributed by atoms with Gasteiger partial charge in [0.25, 0.3) is 0 Å². The van der Waals surface area contributed by atoms with Crippen molar-refractivity contribution in [3.05, 3.63) is 64.2 Å². The van der Waals surface area contributed by atoms with Gasteiger partial charge in [-0.05, 0) is 52.3 Å². The molecule has 2 aromatic carbocycles. The summed E-state index contributed by atoms with van der Waals surface area (Å²) in [5.41, 5.74) is 1.69. The Bertz CT molecular complexity index is 1120. The Kier molecular flexibility index (Phi) is 5.06. The van der Waals surface area contributed by atoms with Gasteiger partial charge in [0.15, 0.2) is 12.2 Å². The number of para-hydroxylation sites is 1. The molecule has 3 N–H and O–H groups in total. The number of allylic oxidation sites excluding steroid dienone is 2. The van der Waals surface area contributed by atoms with E-state index in [4.69, 9.17) is 9.47 Å². The van der Waals surface area contributed by atoms with E-state index in [1.54, 1.807) is 24.3 Å². The maximum absolute atomic E-state index is 13.2. The molecule has 0 saturated heterocycles. The molecule has 0 saturated carbocycles. The first-order valence-electron chi connectivity index (χ1n) is 10.2. The van der Waals surface area contributed by atoms with E-state index in [-0.39, 0.29) is 22.8 Å². The van der Waals surface area contributed by atoms with Crippen LogP contribution in [-0.2, 0) is 6.42 Å². The SMILES string of the molecule is CC(C)=CCc1c2c(c(O)c3c1O[C@H](c1ccccc1O)[C@@H](O)C3=O)C=CC(C)(C)O2. The molecule has 6 heteroatoms. The first kappa shape index (κ1) is 21.0. The van der Waals surface area contributed by atoms with Gasteiger partial charge in [0.2, 0.25) is 5.78 Å². The number of ketones is 1. The molecule has 6 nitrogen and oxygen atoms in total. The van der Waals surface area contributed by atoms with E-state index in [2.05, 4.69) is 0 Å². The Labute approximate surface area is 181 Å². The van der Waals surface area contributed by atoms with E-state index >= 15 is 0 Å². The molecular formula is C25H26O6. The molecule has 2 aromatic rings. The van der Waals surface area contributed by atoms with Gasteiger partial charge in [0.1, 0.15) is 34.2 Å². The number of carbonyl (C=O) groups is 1. The molecule has 2 aliphatic rings. The van der Waals surface area contributed by atoms with Crippen LogP contribution in [0.25, 0.3) is 6.08 Å². The van der Waals surface area contributed by atoms with Gasteiger partial charge in [0.05, 0.1) is 5.56 Å². The van der Waals surface area contributed by atoms with Crippen LogP contribution in [-0.4, -0.2) is 32.8 Å². The predicted molar refractivity (Wildman–Crippen MR) is 117 cm³/mol. The van der Waals surface area contributed by atoms with Crippen molar-refractivity contribution < 1.29 is 29.6 Å². The lowest BCUT2D eigenvalue weighted by molar-refractivity contribution is 0.0196. The zero-order valence-corrected chi connectivity index (χ0v) is 18.0. The number of benzene rings is 2. The summed E-state index contributed by atoms with van der Waals surface area (Å²) in [6.45, 7) is 7.72. The van der Waals surface area contributed by atoms with Gasteiger partial charge in [-0.15, -0.1) is 0 Å². The third-order valence-corrected chi connectivity index (χ3v) is 5.53. The zero-order valence-electron chi connectivity index (χ0n) is 18.0. The van der Waals surface area contributed by atoms with Crippen molar-refractivity contribution in [2.45, 2.75) is 51.9 Å². The summed E-state index contributed by atoms with van der Waals surface area (Å²) in [6.07, 6.45) is 3.24. The van der Waals surface area contributed by atoms with E-state index in [1.165, 1.54) is 6.07 Å². The average molecular weight is 422 g/mol. The second kappa shape index (κ2) is 7.46. The molecule has 0 aliphatic carbocycles. The molecule has 0 spiro atoms. The Morgan fingerprint density at radius 3 is 2.55 bits per heavy atom. The highest BCUT2D eigenvalue weighted by molar-refractivity contribution is 6.07. The number of carbonyl (C=O) groups excluding carboxylic acids is 1. The van der Waals surface area contributed by atoms with Crippen molar-refractivity contribution in [2.75, 3.05) is 0 Å². The standard InChI is InChI=1S/C25H26O6/c1-13(2)9-10-16-22-15(11-12-25(3,4)31-22)19(27)18-20(28)21(29)24(30-23(16)18)14-7-5-6-8-17(14)26/h5-9,11-12,21,24,26-27,29H,10H2,1-4H3/t21-,24+/m0/s1. The van der Waals surface area contributed by atoms with Gasteiger partial charge in [-0.3, -0.25) is 4.79 Å². The predicted octanol–water partition coefficient (Wildman–Crippen LogP) is 4.47. The molecule has 31 heavy (non-hydrogen) atoms. The normalized spacial score (nSPS) is 20.9. The second-order valence-electron chi connectivity index (χ2n) is 8.70. The number of aliphatic hydroxyl groups excluding tert-OH is 1. The highest BCUT2D eigenvalue weighted by Crippen LogP contribution is 2.51. The van der Waals surface area contributed by atoms with Crippen LogP contribution in [0.2, 0.25) is 0 Å². The van der Waals surface area contributed by atoms with Crippen molar-refractivity contribution in [3.8, 4) is 23.0 Å². The molecule has 0 fully saturated rings. The van der Waals surface area contributed by atoms with Gasteiger partial charge in [-0.1, -0.05) is 29.8 Å². The zero-order chi connectivity index (χ0) is 22.5. The fraction of sp³-hybridized carbons (Fsp3) is 0.320. The Morgan fingerprint density at radius 1 is 1.16 bits per heavy atom. The summed E-state index contributed by atoms with van der Waals surface area (Å²) < 4.78 is 12.3. The summed E-state index contributed by atoms with van der Waals surface area (Å²) in [4.78, 5) is 13.2. The van der Waals surface area contributed by atoms with Crippen LogP contribution in [0.1, 0.15) is 60.8 Å². The van der Waals surface area contributed by atoms with Crippen LogP contribution in [0, 0.1) is 0 Å². The molecule has 162 valence electrons. The highest BCUT2D eigenvalue weighted by Gasteiger charge is 2.43. The van der Waals surface area contributed by atoms with Crippen molar-refractivity contribution in [1.29, 1.82) is 0 Å². The first-order chi connectivity index (χ1) is 14.6. The number of hydrogen-bond acceptors (Lipinski definition) is 6. The van der Waals surface area contributed by atoms with E-state index in [1.807, 2.05) is 39.8 Å². The van der Waals surface area contributed by atoms with Gasteiger partial charge in [0, 0.05) is 11.1 Å². The lowest BCUT2D eigenvalue weighted by atomic mass is 9.87. The number of phenolic OH excluding ortho intramolecular Hbond substituents is 2. The van der Waals surface area contributed by atoms with Crippen LogP contribution >= 0.6 is 0 Å². The van der Waals surface area contributed by atoms with E-state index in [0.717, 1.165) is 5.57 Å². The van der Waals surface area contributed by atoms with E-state index < -0.39 is 23.6 Å². The number of rotatable bonds is 3. The summed E-state index contributed by atoms with van der Waals surface area (Å²) in [5, 5.41) is 31.9. The summed E-state index contributed by atoms with van der Waals surface area (Å²) in [6, 6.07) is 6.40.